The van der Waals surface area contributed by atoms with Gasteiger partial charge in [-0.15, -0.1) is 0 Å². The minimum absolute atomic E-state index is 0.0952. The second-order valence-electron chi connectivity index (χ2n) is 5.01. The van der Waals surface area contributed by atoms with Crippen LogP contribution in [0.5, 0.6) is 0 Å². The minimum Gasteiger partial charge on any atom is -0.313 e. The highest BCUT2D eigenvalue weighted by atomic mass is 19.1. The molecule has 0 amide bonds. The van der Waals surface area contributed by atoms with E-state index in [1.165, 1.54) is 25.7 Å². The fourth-order valence-electron chi connectivity index (χ4n) is 2.47. The molecule has 1 aromatic carbocycles. The van der Waals surface area contributed by atoms with Crippen LogP contribution >= 0.6 is 0 Å². The fourth-order valence-corrected chi connectivity index (χ4v) is 2.47. The smallest absolute Gasteiger partial charge is 0.127 e. The van der Waals surface area contributed by atoms with Gasteiger partial charge in [-0.05, 0) is 25.5 Å². The van der Waals surface area contributed by atoms with E-state index in [0.29, 0.717) is 5.92 Å². The zero-order chi connectivity index (χ0) is 13.4. The van der Waals surface area contributed by atoms with Gasteiger partial charge < -0.3 is 5.32 Å². The lowest BCUT2D eigenvalue weighted by molar-refractivity contribution is 0.359. The van der Waals surface area contributed by atoms with Gasteiger partial charge in [-0.3, -0.25) is 0 Å². The topological polar surface area (TPSA) is 12.0 Å². The summed E-state index contributed by atoms with van der Waals surface area (Å²) in [5.74, 6) is 0.587. The molecule has 0 aromatic heterocycles. The lowest BCUT2D eigenvalue weighted by Crippen LogP contribution is -2.21. The van der Waals surface area contributed by atoms with Crippen LogP contribution in [0.25, 0.3) is 0 Å². The van der Waals surface area contributed by atoms with Crippen LogP contribution < -0.4 is 5.32 Å². The molecular weight excluding hydrogens is 225 g/mol. The molecule has 0 heterocycles. The summed E-state index contributed by atoms with van der Waals surface area (Å²) >= 11 is 0. The molecule has 2 heteroatoms. The monoisotopic (exact) mass is 251 g/mol. The Kier molecular flexibility index (Phi) is 6.96. The van der Waals surface area contributed by atoms with Crippen molar-refractivity contribution in [2.24, 2.45) is 5.92 Å². The molecular formula is C16H26FN. The predicted octanol–water partition coefficient (Wildman–Crippen LogP) is 4.69. The minimum atomic E-state index is -0.0952. The zero-order valence-electron chi connectivity index (χ0n) is 11.9. The van der Waals surface area contributed by atoms with Crippen molar-refractivity contribution in [2.75, 3.05) is 7.05 Å². The first-order valence-corrected chi connectivity index (χ1v) is 7.14. The highest BCUT2D eigenvalue weighted by Crippen LogP contribution is 2.27. The van der Waals surface area contributed by atoms with Crippen molar-refractivity contribution in [1.29, 1.82) is 0 Å². The van der Waals surface area contributed by atoms with Crippen molar-refractivity contribution < 1.29 is 4.39 Å². The molecule has 1 aromatic rings. The molecule has 1 rings (SSSR count). The molecule has 102 valence electrons. The van der Waals surface area contributed by atoms with E-state index < -0.39 is 0 Å². The fraction of sp³-hybridized carbons (Fsp3) is 0.625. The third-order valence-electron chi connectivity index (χ3n) is 3.74. The van der Waals surface area contributed by atoms with Crippen molar-refractivity contribution in [3.05, 3.63) is 35.6 Å². The summed E-state index contributed by atoms with van der Waals surface area (Å²) in [5.41, 5.74) is 0.801. The lowest BCUT2D eigenvalue weighted by Gasteiger charge is -2.23. The molecule has 0 aliphatic rings. The standard InChI is InChI=1S/C16H26FN/c1-4-6-9-13(5-2)12-16(18-3)14-10-7-8-11-15(14)17/h7-8,10-11,13,16,18H,4-6,9,12H2,1-3H3. The average molecular weight is 251 g/mol. The summed E-state index contributed by atoms with van der Waals surface area (Å²) in [7, 11) is 1.92. The van der Waals surface area contributed by atoms with Crippen LogP contribution in [0.15, 0.2) is 24.3 Å². The van der Waals surface area contributed by atoms with Gasteiger partial charge in [-0.25, -0.2) is 4.39 Å². The van der Waals surface area contributed by atoms with E-state index in [1.54, 1.807) is 12.1 Å². The van der Waals surface area contributed by atoms with Crippen LogP contribution in [0.4, 0.5) is 4.39 Å². The Morgan fingerprint density at radius 1 is 1.22 bits per heavy atom. The number of hydrogen-bond acceptors (Lipinski definition) is 1. The third kappa shape index (κ3) is 4.41. The number of hydrogen-bond donors (Lipinski definition) is 1. The van der Waals surface area contributed by atoms with Crippen molar-refractivity contribution >= 4 is 0 Å². The van der Waals surface area contributed by atoms with Crippen molar-refractivity contribution in [3.8, 4) is 0 Å². The number of nitrogens with one attached hydrogen (secondary N) is 1. The molecule has 18 heavy (non-hydrogen) atoms. The Bertz CT molecular complexity index is 338. The van der Waals surface area contributed by atoms with Gasteiger partial charge >= 0.3 is 0 Å². The maximum absolute atomic E-state index is 13.8. The van der Waals surface area contributed by atoms with E-state index in [1.807, 2.05) is 19.2 Å². The summed E-state index contributed by atoms with van der Waals surface area (Å²) in [5, 5.41) is 3.26. The maximum Gasteiger partial charge on any atom is 0.127 e. The summed E-state index contributed by atoms with van der Waals surface area (Å²) in [4.78, 5) is 0. The van der Waals surface area contributed by atoms with Gasteiger partial charge in [0, 0.05) is 11.6 Å². The molecule has 0 saturated carbocycles. The number of benzene rings is 1. The molecule has 0 radical (unpaired) electrons. The molecule has 2 unspecified atom stereocenters. The molecule has 0 fully saturated rings. The largest absolute Gasteiger partial charge is 0.313 e. The molecule has 0 aliphatic carbocycles. The molecule has 0 saturated heterocycles. The Balaban J connectivity index is 2.68. The SMILES string of the molecule is CCCCC(CC)CC(NC)c1ccccc1F. The number of rotatable bonds is 8. The number of unbranched alkanes of at least 4 members (excludes halogenated alkanes) is 1. The second-order valence-corrected chi connectivity index (χ2v) is 5.01. The van der Waals surface area contributed by atoms with Crippen LogP contribution in [-0.4, -0.2) is 7.05 Å². The van der Waals surface area contributed by atoms with Gasteiger partial charge in [0.05, 0.1) is 0 Å². The van der Waals surface area contributed by atoms with E-state index in [2.05, 4.69) is 19.2 Å². The van der Waals surface area contributed by atoms with Crippen LogP contribution in [0.2, 0.25) is 0 Å². The van der Waals surface area contributed by atoms with E-state index in [-0.39, 0.29) is 11.9 Å². The molecule has 0 spiro atoms. The molecule has 1 N–H and O–H groups in total. The van der Waals surface area contributed by atoms with E-state index in [0.717, 1.165) is 12.0 Å². The van der Waals surface area contributed by atoms with Gasteiger partial charge in [0.2, 0.25) is 0 Å². The summed E-state index contributed by atoms with van der Waals surface area (Å²) < 4.78 is 13.8. The Hall–Kier alpha value is -0.890. The van der Waals surface area contributed by atoms with Gasteiger partial charge in [-0.1, -0.05) is 57.7 Å². The van der Waals surface area contributed by atoms with Crippen LogP contribution in [0.1, 0.15) is 57.6 Å². The maximum atomic E-state index is 13.8. The van der Waals surface area contributed by atoms with Crippen molar-refractivity contribution in [3.63, 3.8) is 0 Å². The van der Waals surface area contributed by atoms with Crippen LogP contribution in [-0.2, 0) is 0 Å². The van der Waals surface area contributed by atoms with Gasteiger partial charge in [0.1, 0.15) is 5.82 Å². The van der Waals surface area contributed by atoms with Crippen molar-refractivity contribution in [1.82, 2.24) is 5.32 Å². The highest BCUT2D eigenvalue weighted by molar-refractivity contribution is 5.21. The van der Waals surface area contributed by atoms with Gasteiger partial charge in [0.15, 0.2) is 0 Å². The summed E-state index contributed by atoms with van der Waals surface area (Å²) in [6, 6.07) is 7.23. The summed E-state index contributed by atoms with van der Waals surface area (Å²) in [6.45, 7) is 4.45. The molecule has 0 bridgehead atoms. The average Bonchev–Trinajstić information content (AvgIpc) is 2.40. The van der Waals surface area contributed by atoms with E-state index in [4.69, 9.17) is 0 Å². The first kappa shape index (κ1) is 15.2. The zero-order valence-corrected chi connectivity index (χ0v) is 11.9. The lowest BCUT2D eigenvalue weighted by atomic mass is 9.89. The number of halogens is 1. The van der Waals surface area contributed by atoms with Crippen LogP contribution in [0.3, 0.4) is 0 Å². The molecule has 2 atom stereocenters. The van der Waals surface area contributed by atoms with Gasteiger partial charge in [-0.2, -0.15) is 0 Å². The normalized spacial score (nSPS) is 14.4. The Labute approximate surface area is 111 Å². The van der Waals surface area contributed by atoms with Crippen molar-refractivity contribution in [2.45, 2.75) is 52.0 Å². The molecule has 0 aliphatic heterocycles. The molecule has 1 nitrogen and oxygen atoms in total. The first-order chi connectivity index (χ1) is 8.72. The quantitative estimate of drug-likeness (QED) is 0.706. The third-order valence-corrected chi connectivity index (χ3v) is 3.74. The Morgan fingerprint density at radius 3 is 2.50 bits per heavy atom. The predicted molar refractivity (Wildman–Crippen MR) is 76.1 cm³/mol. The van der Waals surface area contributed by atoms with Crippen LogP contribution in [0, 0.1) is 11.7 Å². The first-order valence-electron chi connectivity index (χ1n) is 7.14. The highest BCUT2D eigenvalue weighted by Gasteiger charge is 2.17. The van der Waals surface area contributed by atoms with Gasteiger partial charge in [0.25, 0.3) is 0 Å². The summed E-state index contributed by atoms with van der Waals surface area (Å²) in [6.07, 6.45) is 5.95. The second kappa shape index (κ2) is 8.25. The van der Waals surface area contributed by atoms with E-state index >= 15 is 0 Å². The Morgan fingerprint density at radius 2 is 1.94 bits per heavy atom. The van der Waals surface area contributed by atoms with E-state index in [9.17, 15) is 4.39 Å².